The number of ether oxygens (including phenoxy) is 1. The van der Waals surface area contributed by atoms with Crippen LogP contribution in [0.3, 0.4) is 0 Å². The summed E-state index contributed by atoms with van der Waals surface area (Å²) in [7, 11) is 0. The predicted octanol–water partition coefficient (Wildman–Crippen LogP) is 2.38. The van der Waals surface area contributed by atoms with Crippen LogP contribution in [0, 0.1) is 17.7 Å². The van der Waals surface area contributed by atoms with Gasteiger partial charge in [0, 0.05) is 13.1 Å². The maximum absolute atomic E-state index is 13.9. The molecule has 1 aliphatic rings. The number of carbonyl (C=O) groups is 3. The Hall–Kier alpha value is -2.44. The fraction of sp³-hybridized carbons (Fsp3) is 0.550. The van der Waals surface area contributed by atoms with Gasteiger partial charge in [-0.1, -0.05) is 26.0 Å². The molecule has 7 heteroatoms. The van der Waals surface area contributed by atoms with Crippen molar-refractivity contribution in [3.8, 4) is 0 Å². The summed E-state index contributed by atoms with van der Waals surface area (Å²) in [5.41, 5.74) is -0.0982. The van der Waals surface area contributed by atoms with Gasteiger partial charge in [-0.25, -0.2) is 4.39 Å². The maximum Gasteiger partial charge on any atom is 0.310 e. The Balaban J connectivity index is 2.09. The molecule has 1 fully saturated rings. The zero-order valence-corrected chi connectivity index (χ0v) is 16.0. The number of carbonyl (C=O) groups excluding carboxylic acids is 3. The number of hydrogen-bond donors (Lipinski definition) is 1. The zero-order valence-electron chi connectivity index (χ0n) is 16.0. The number of hydrogen-bond acceptors (Lipinski definition) is 4. The van der Waals surface area contributed by atoms with E-state index in [1.54, 1.807) is 17.9 Å². The minimum Gasteiger partial charge on any atom is -0.466 e. The van der Waals surface area contributed by atoms with E-state index < -0.39 is 17.8 Å². The van der Waals surface area contributed by atoms with Gasteiger partial charge in [0.25, 0.3) is 5.91 Å². The molecule has 2 unspecified atom stereocenters. The van der Waals surface area contributed by atoms with Crippen molar-refractivity contribution in [2.75, 3.05) is 19.7 Å². The molecule has 0 radical (unpaired) electrons. The van der Waals surface area contributed by atoms with Crippen molar-refractivity contribution in [3.63, 3.8) is 0 Å². The second kappa shape index (κ2) is 9.48. The van der Waals surface area contributed by atoms with Gasteiger partial charge in [-0.15, -0.1) is 0 Å². The first-order valence-electron chi connectivity index (χ1n) is 9.36. The third-order valence-corrected chi connectivity index (χ3v) is 4.69. The van der Waals surface area contributed by atoms with Crippen LogP contribution in [0.1, 0.15) is 44.0 Å². The van der Waals surface area contributed by atoms with E-state index in [2.05, 4.69) is 5.32 Å². The Morgan fingerprint density at radius 1 is 1.30 bits per heavy atom. The Morgan fingerprint density at radius 2 is 2.00 bits per heavy atom. The van der Waals surface area contributed by atoms with E-state index in [0.717, 1.165) is 0 Å². The highest BCUT2D eigenvalue weighted by Gasteiger charge is 2.34. The van der Waals surface area contributed by atoms with E-state index in [0.29, 0.717) is 26.0 Å². The third-order valence-electron chi connectivity index (χ3n) is 4.69. The van der Waals surface area contributed by atoms with Crippen LogP contribution in [0.4, 0.5) is 4.39 Å². The number of benzene rings is 1. The van der Waals surface area contributed by atoms with Gasteiger partial charge in [0.15, 0.2) is 0 Å². The van der Waals surface area contributed by atoms with Crippen molar-refractivity contribution in [2.45, 2.75) is 39.7 Å². The van der Waals surface area contributed by atoms with Crippen molar-refractivity contribution in [2.24, 2.45) is 11.8 Å². The van der Waals surface area contributed by atoms with Crippen LogP contribution in [-0.4, -0.2) is 48.4 Å². The van der Waals surface area contributed by atoms with Gasteiger partial charge in [0.1, 0.15) is 11.9 Å². The molecule has 0 aromatic heterocycles. The smallest absolute Gasteiger partial charge is 0.310 e. The molecular weight excluding hydrogens is 351 g/mol. The van der Waals surface area contributed by atoms with E-state index in [1.807, 2.05) is 13.8 Å². The molecule has 148 valence electrons. The third kappa shape index (κ3) is 5.28. The van der Waals surface area contributed by atoms with Gasteiger partial charge in [-0.3, -0.25) is 14.4 Å². The standard InChI is InChI=1S/C20H27FN2O4/c1-4-27-20(26)14-8-7-11-23(12-14)19(25)17(13(2)3)22-18(24)15-9-5-6-10-16(15)21/h5-6,9-10,13-14,17H,4,7-8,11-12H2,1-3H3,(H,22,24). The fourth-order valence-electron chi connectivity index (χ4n) is 3.20. The van der Waals surface area contributed by atoms with Crippen LogP contribution in [0.5, 0.6) is 0 Å². The molecule has 0 saturated carbocycles. The van der Waals surface area contributed by atoms with E-state index in [-0.39, 0.29) is 35.8 Å². The van der Waals surface area contributed by atoms with Crippen LogP contribution < -0.4 is 5.32 Å². The van der Waals surface area contributed by atoms with Crippen LogP contribution in [0.25, 0.3) is 0 Å². The SMILES string of the molecule is CCOC(=O)C1CCCN(C(=O)C(NC(=O)c2ccccc2F)C(C)C)C1. The lowest BCUT2D eigenvalue weighted by molar-refractivity contribution is -0.151. The van der Waals surface area contributed by atoms with Gasteiger partial charge in [-0.2, -0.15) is 0 Å². The van der Waals surface area contributed by atoms with Crippen molar-refractivity contribution >= 4 is 17.8 Å². The molecule has 1 N–H and O–H groups in total. The van der Waals surface area contributed by atoms with E-state index in [9.17, 15) is 18.8 Å². The molecular formula is C20H27FN2O4. The fourth-order valence-corrected chi connectivity index (χ4v) is 3.20. The average molecular weight is 378 g/mol. The van der Waals surface area contributed by atoms with Crippen LogP contribution in [0.2, 0.25) is 0 Å². The number of amides is 2. The number of rotatable bonds is 6. The van der Waals surface area contributed by atoms with Crippen molar-refractivity contribution in [1.82, 2.24) is 10.2 Å². The van der Waals surface area contributed by atoms with Crippen molar-refractivity contribution in [1.29, 1.82) is 0 Å². The van der Waals surface area contributed by atoms with Gasteiger partial charge in [0.05, 0.1) is 18.1 Å². The molecule has 1 saturated heterocycles. The molecule has 2 atom stereocenters. The lowest BCUT2D eigenvalue weighted by Gasteiger charge is -2.35. The number of halogens is 1. The Kier molecular flexibility index (Phi) is 7.33. The molecule has 1 heterocycles. The van der Waals surface area contributed by atoms with Gasteiger partial charge in [-0.05, 0) is 37.8 Å². The molecule has 1 aromatic rings. The summed E-state index contributed by atoms with van der Waals surface area (Å²) >= 11 is 0. The molecule has 6 nitrogen and oxygen atoms in total. The molecule has 2 rings (SSSR count). The first kappa shape index (κ1) is 20.9. The average Bonchev–Trinajstić information content (AvgIpc) is 2.65. The largest absolute Gasteiger partial charge is 0.466 e. The summed E-state index contributed by atoms with van der Waals surface area (Å²) in [6, 6.07) is 4.86. The van der Waals surface area contributed by atoms with Crippen molar-refractivity contribution < 1.29 is 23.5 Å². The maximum atomic E-state index is 13.9. The lowest BCUT2D eigenvalue weighted by Crippen LogP contribution is -2.54. The Bertz CT molecular complexity index is 692. The van der Waals surface area contributed by atoms with Crippen LogP contribution in [-0.2, 0) is 14.3 Å². The highest BCUT2D eigenvalue weighted by atomic mass is 19.1. The Labute approximate surface area is 159 Å². The highest BCUT2D eigenvalue weighted by molar-refractivity contribution is 5.97. The topological polar surface area (TPSA) is 75.7 Å². The van der Waals surface area contributed by atoms with Gasteiger partial charge in [0.2, 0.25) is 5.91 Å². The number of likely N-dealkylation sites (tertiary alicyclic amines) is 1. The highest BCUT2D eigenvalue weighted by Crippen LogP contribution is 2.20. The molecule has 27 heavy (non-hydrogen) atoms. The van der Waals surface area contributed by atoms with Crippen LogP contribution in [0.15, 0.2) is 24.3 Å². The number of nitrogens with one attached hydrogen (secondary N) is 1. The minimum absolute atomic E-state index is 0.0982. The predicted molar refractivity (Wildman–Crippen MR) is 98.4 cm³/mol. The van der Waals surface area contributed by atoms with E-state index in [4.69, 9.17) is 4.74 Å². The molecule has 0 spiro atoms. The first-order chi connectivity index (χ1) is 12.8. The second-order valence-corrected chi connectivity index (χ2v) is 7.05. The Morgan fingerprint density at radius 3 is 2.63 bits per heavy atom. The zero-order chi connectivity index (χ0) is 20.0. The first-order valence-corrected chi connectivity index (χ1v) is 9.36. The summed E-state index contributed by atoms with van der Waals surface area (Å²) in [5, 5.41) is 2.65. The molecule has 0 aliphatic carbocycles. The quantitative estimate of drug-likeness (QED) is 0.771. The summed E-state index contributed by atoms with van der Waals surface area (Å²) in [6.07, 6.45) is 1.37. The lowest BCUT2D eigenvalue weighted by atomic mass is 9.95. The number of piperidine rings is 1. The van der Waals surface area contributed by atoms with Gasteiger partial charge < -0.3 is 15.0 Å². The van der Waals surface area contributed by atoms with Gasteiger partial charge >= 0.3 is 5.97 Å². The monoisotopic (exact) mass is 378 g/mol. The second-order valence-electron chi connectivity index (χ2n) is 7.05. The van der Waals surface area contributed by atoms with E-state index in [1.165, 1.54) is 18.2 Å². The molecule has 0 bridgehead atoms. The van der Waals surface area contributed by atoms with E-state index >= 15 is 0 Å². The molecule has 2 amide bonds. The molecule has 1 aromatic carbocycles. The number of nitrogens with zero attached hydrogens (tertiary/aromatic N) is 1. The minimum atomic E-state index is -0.793. The normalized spacial score (nSPS) is 18.1. The van der Waals surface area contributed by atoms with Crippen molar-refractivity contribution in [3.05, 3.63) is 35.6 Å². The summed E-state index contributed by atoms with van der Waals surface area (Å²) in [4.78, 5) is 39.0. The molecule has 1 aliphatic heterocycles. The summed E-state index contributed by atoms with van der Waals surface area (Å²) in [6.45, 7) is 6.48. The number of esters is 1. The van der Waals surface area contributed by atoms with Crippen LogP contribution >= 0.6 is 0 Å². The summed E-state index contributed by atoms with van der Waals surface area (Å²) in [5.74, 6) is -2.35. The summed E-state index contributed by atoms with van der Waals surface area (Å²) < 4.78 is 18.9.